The Hall–Kier alpha value is -1.75. The van der Waals surface area contributed by atoms with E-state index in [2.05, 4.69) is 16.3 Å². The highest BCUT2D eigenvalue weighted by molar-refractivity contribution is 5.89. The van der Waals surface area contributed by atoms with Gasteiger partial charge in [0.2, 0.25) is 0 Å². The molecule has 1 saturated heterocycles. The number of hydrogen-bond donors (Lipinski definition) is 2. The van der Waals surface area contributed by atoms with E-state index in [0.717, 1.165) is 24.5 Å². The first-order chi connectivity index (χ1) is 10.1. The van der Waals surface area contributed by atoms with Gasteiger partial charge in [0, 0.05) is 38.1 Å². The second-order valence-corrected chi connectivity index (χ2v) is 5.73. The van der Waals surface area contributed by atoms with Crippen LogP contribution in [0.15, 0.2) is 24.3 Å². The Balaban J connectivity index is 1.92. The largest absolute Gasteiger partial charge is 0.393 e. The quantitative estimate of drug-likeness (QED) is 0.876. The number of urea groups is 1. The van der Waals surface area contributed by atoms with Crippen molar-refractivity contribution in [2.45, 2.75) is 32.3 Å². The number of nitrogens with zero attached hydrogens (tertiary/aromatic N) is 2. The molecule has 2 amide bonds. The molecular formula is C16H25N3O2. The fourth-order valence-electron chi connectivity index (χ4n) is 2.46. The molecule has 2 rings (SSSR count). The van der Waals surface area contributed by atoms with Gasteiger partial charge in [0.1, 0.15) is 0 Å². The van der Waals surface area contributed by atoms with E-state index >= 15 is 0 Å². The van der Waals surface area contributed by atoms with E-state index in [9.17, 15) is 9.90 Å². The van der Waals surface area contributed by atoms with Crippen LogP contribution in [0, 0.1) is 0 Å². The fourth-order valence-corrected chi connectivity index (χ4v) is 2.46. The highest BCUT2D eigenvalue weighted by Crippen LogP contribution is 2.23. The highest BCUT2D eigenvalue weighted by atomic mass is 16.3. The van der Waals surface area contributed by atoms with E-state index in [-0.39, 0.29) is 6.03 Å². The molecule has 1 fully saturated rings. The summed E-state index contributed by atoms with van der Waals surface area (Å²) < 4.78 is 0. The molecule has 1 aromatic rings. The van der Waals surface area contributed by atoms with Crippen LogP contribution in [0.5, 0.6) is 0 Å². The molecule has 0 saturated carbocycles. The molecule has 1 atom stereocenters. The van der Waals surface area contributed by atoms with Crippen molar-refractivity contribution in [1.29, 1.82) is 0 Å². The van der Waals surface area contributed by atoms with Crippen LogP contribution in [-0.2, 0) is 0 Å². The molecule has 2 N–H and O–H groups in total. The Bertz CT molecular complexity index is 470. The average Bonchev–Trinajstić information content (AvgIpc) is 2.99. The first kappa shape index (κ1) is 15.6. The first-order valence-corrected chi connectivity index (χ1v) is 7.61. The van der Waals surface area contributed by atoms with Gasteiger partial charge in [-0.15, -0.1) is 0 Å². The minimum Gasteiger partial charge on any atom is -0.393 e. The number of carbonyl (C=O) groups is 1. The van der Waals surface area contributed by atoms with Gasteiger partial charge < -0.3 is 20.2 Å². The Morgan fingerprint density at radius 1 is 1.43 bits per heavy atom. The molecule has 0 radical (unpaired) electrons. The van der Waals surface area contributed by atoms with Gasteiger partial charge in [0.05, 0.1) is 6.10 Å². The van der Waals surface area contributed by atoms with Crippen molar-refractivity contribution < 1.29 is 9.90 Å². The normalized spacial score (nSPS) is 15.9. The van der Waals surface area contributed by atoms with Crippen LogP contribution in [0.1, 0.15) is 26.2 Å². The monoisotopic (exact) mass is 291 g/mol. The molecule has 0 spiro atoms. The first-order valence-electron chi connectivity index (χ1n) is 7.61. The number of hydrogen-bond acceptors (Lipinski definition) is 3. The third-order valence-electron chi connectivity index (χ3n) is 3.80. The van der Waals surface area contributed by atoms with Gasteiger partial charge in [-0.05, 0) is 44.4 Å². The Morgan fingerprint density at radius 3 is 2.81 bits per heavy atom. The maximum Gasteiger partial charge on any atom is 0.321 e. The van der Waals surface area contributed by atoms with Crippen molar-refractivity contribution in [2.24, 2.45) is 0 Å². The summed E-state index contributed by atoms with van der Waals surface area (Å²) in [6.07, 6.45) is 2.66. The summed E-state index contributed by atoms with van der Waals surface area (Å²) in [4.78, 5) is 16.0. The van der Waals surface area contributed by atoms with Crippen LogP contribution < -0.4 is 10.2 Å². The summed E-state index contributed by atoms with van der Waals surface area (Å²) >= 11 is 0. The molecule has 1 unspecified atom stereocenters. The van der Waals surface area contributed by atoms with Crippen LogP contribution in [-0.4, -0.2) is 48.8 Å². The molecule has 1 heterocycles. The molecule has 116 valence electrons. The summed E-state index contributed by atoms with van der Waals surface area (Å²) in [6.45, 7) is 4.44. The fraction of sp³-hybridized carbons (Fsp3) is 0.562. The highest BCUT2D eigenvalue weighted by Gasteiger charge is 2.14. The van der Waals surface area contributed by atoms with Gasteiger partial charge in [-0.2, -0.15) is 0 Å². The molecule has 0 aliphatic carbocycles. The SMILES string of the molecule is CC(O)CCN(C)C(=O)Nc1cccc(N2CCCC2)c1. The lowest BCUT2D eigenvalue weighted by Gasteiger charge is -2.21. The third-order valence-corrected chi connectivity index (χ3v) is 3.80. The van der Waals surface area contributed by atoms with E-state index in [4.69, 9.17) is 0 Å². The van der Waals surface area contributed by atoms with Crippen LogP contribution in [0.25, 0.3) is 0 Å². The van der Waals surface area contributed by atoms with E-state index in [0.29, 0.717) is 13.0 Å². The molecule has 1 aliphatic rings. The molecule has 21 heavy (non-hydrogen) atoms. The standard InChI is InChI=1S/C16H25N3O2/c1-13(20)8-11-18(2)16(21)17-14-6-5-7-15(12-14)19-9-3-4-10-19/h5-7,12-13,20H,3-4,8-11H2,1-2H3,(H,17,21). The smallest absolute Gasteiger partial charge is 0.321 e. The molecular weight excluding hydrogens is 266 g/mol. The van der Waals surface area contributed by atoms with E-state index in [1.54, 1.807) is 18.9 Å². The van der Waals surface area contributed by atoms with Gasteiger partial charge in [-0.25, -0.2) is 4.79 Å². The van der Waals surface area contributed by atoms with Crippen LogP contribution in [0.2, 0.25) is 0 Å². The zero-order valence-electron chi connectivity index (χ0n) is 12.9. The lowest BCUT2D eigenvalue weighted by molar-refractivity contribution is 0.167. The van der Waals surface area contributed by atoms with Crippen LogP contribution in [0.4, 0.5) is 16.2 Å². The lowest BCUT2D eigenvalue weighted by atomic mass is 10.2. The van der Waals surface area contributed by atoms with Gasteiger partial charge in [0.25, 0.3) is 0 Å². The molecule has 1 aliphatic heterocycles. The Kier molecular flexibility index (Phi) is 5.44. The molecule has 0 bridgehead atoms. The second-order valence-electron chi connectivity index (χ2n) is 5.73. The van der Waals surface area contributed by atoms with Crippen LogP contribution >= 0.6 is 0 Å². The van der Waals surface area contributed by atoms with E-state index in [1.807, 2.05) is 18.2 Å². The number of carbonyl (C=O) groups excluding carboxylic acids is 1. The van der Waals surface area contributed by atoms with E-state index < -0.39 is 6.10 Å². The zero-order valence-corrected chi connectivity index (χ0v) is 12.9. The zero-order chi connectivity index (χ0) is 15.2. The predicted molar refractivity (Wildman–Crippen MR) is 85.8 cm³/mol. The minimum absolute atomic E-state index is 0.144. The molecule has 5 nitrogen and oxygen atoms in total. The maximum absolute atomic E-state index is 12.1. The topological polar surface area (TPSA) is 55.8 Å². The van der Waals surface area contributed by atoms with Gasteiger partial charge in [-0.1, -0.05) is 6.07 Å². The molecule has 5 heteroatoms. The summed E-state index contributed by atoms with van der Waals surface area (Å²) in [5.74, 6) is 0. The van der Waals surface area contributed by atoms with Gasteiger partial charge in [0.15, 0.2) is 0 Å². The summed E-state index contributed by atoms with van der Waals surface area (Å²) in [6, 6.07) is 7.83. The second kappa shape index (κ2) is 7.31. The number of benzene rings is 1. The predicted octanol–water partition coefficient (Wildman–Crippen LogP) is 2.52. The maximum atomic E-state index is 12.1. The Morgan fingerprint density at radius 2 is 2.14 bits per heavy atom. The lowest BCUT2D eigenvalue weighted by Crippen LogP contribution is -2.33. The van der Waals surface area contributed by atoms with Crippen molar-refractivity contribution in [3.8, 4) is 0 Å². The average molecular weight is 291 g/mol. The summed E-state index contributed by atoms with van der Waals surface area (Å²) in [5.41, 5.74) is 1.98. The van der Waals surface area contributed by atoms with Gasteiger partial charge >= 0.3 is 6.03 Å². The number of anilines is 2. The minimum atomic E-state index is -0.390. The Labute approximate surface area is 126 Å². The van der Waals surface area contributed by atoms with Crippen molar-refractivity contribution in [3.05, 3.63) is 24.3 Å². The number of rotatable bonds is 5. The van der Waals surface area contributed by atoms with Crippen molar-refractivity contribution >= 4 is 17.4 Å². The molecule has 0 aromatic heterocycles. The van der Waals surface area contributed by atoms with E-state index in [1.165, 1.54) is 12.8 Å². The summed E-state index contributed by atoms with van der Waals surface area (Å²) in [7, 11) is 1.74. The van der Waals surface area contributed by atoms with Crippen molar-refractivity contribution in [2.75, 3.05) is 36.9 Å². The van der Waals surface area contributed by atoms with Crippen LogP contribution in [0.3, 0.4) is 0 Å². The number of amides is 2. The molecule has 1 aromatic carbocycles. The number of nitrogens with one attached hydrogen (secondary N) is 1. The van der Waals surface area contributed by atoms with Gasteiger partial charge in [-0.3, -0.25) is 0 Å². The van der Waals surface area contributed by atoms with Crippen molar-refractivity contribution in [1.82, 2.24) is 4.90 Å². The number of aliphatic hydroxyl groups is 1. The summed E-state index contributed by atoms with van der Waals surface area (Å²) in [5, 5.41) is 12.2. The number of aliphatic hydroxyl groups excluding tert-OH is 1. The van der Waals surface area contributed by atoms with Crippen molar-refractivity contribution in [3.63, 3.8) is 0 Å². The third kappa shape index (κ3) is 4.63.